The van der Waals surface area contributed by atoms with Gasteiger partial charge in [-0.2, -0.15) is 0 Å². The molecule has 1 atom stereocenters. The molecule has 0 saturated carbocycles. The van der Waals surface area contributed by atoms with Crippen molar-refractivity contribution in [1.82, 2.24) is 9.55 Å². The van der Waals surface area contributed by atoms with Gasteiger partial charge in [0.15, 0.2) is 0 Å². The average molecular weight is 333 g/mol. The van der Waals surface area contributed by atoms with Crippen LogP contribution < -0.4 is 10.6 Å². The molecule has 1 unspecified atom stereocenters. The third-order valence-corrected chi connectivity index (χ3v) is 4.38. The van der Waals surface area contributed by atoms with E-state index in [0.29, 0.717) is 11.4 Å². The lowest BCUT2D eigenvalue weighted by Gasteiger charge is -2.20. The minimum absolute atomic E-state index is 0.0456. The number of anilines is 2. The number of amides is 1. The van der Waals surface area contributed by atoms with Gasteiger partial charge in [0.2, 0.25) is 5.91 Å². The lowest BCUT2D eigenvalue weighted by Crippen LogP contribution is -2.34. The second-order valence-corrected chi connectivity index (χ2v) is 6.21. The van der Waals surface area contributed by atoms with Crippen LogP contribution in [-0.2, 0) is 17.8 Å². The van der Waals surface area contributed by atoms with Crippen LogP contribution in [0, 0.1) is 0 Å². The second kappa shape index (κ2) is 7.04. The molecule has 3 rings (SSSR count). The Balaban J connectivity index is 1.68. The van der Waals surface area contributed by atoms with Gasteiger partial charge in [-0.3, -0.25) is 4.79 Å². The molecule has 0 bridgehead atoms. The summed E-state index contributed by atoms with van der Waals surface area (Å²) in [6.45, 7) is 2.91. The van der Waals surface area contributed by atoms with E-state index in [0.717, 1.165) is 36.7 Å². The van der Waals surface area contributed by atoms with Gasteiger partial charge in [-0.1, -0.05) is 18.5 Å². The largest absolute Gasteiger partial charge is 0.374 e. The van der Waals surface area contributed by atoms with E-state index in [4.69, 9.17) is 11.6 Å². The molecule has 0 saturated heterocycles. The van der Waals surface area contributed by atoms with Gasteiger partial charge in [-0.25, -0.2) is 4.98 Å². The number of carbonyl (C=O) groups is 1. The van der Waals surface area contributed by atoms with Gasteiger partial charge in [-0.15, -0.1) is 0 Å². The molecule has 1 aromatic carbocycles. The van der Waals surface area contributed by atoms with Gasteiger partial charge in [0.05, 0.1) is 6.20 Å². The predicted octanol–water partition coefficient (Wildman–Crippen LogP) is 3.70. The first-order valence-electron chi connectivity index (χ1n) is 8.04. The van der Waals surface area contributed by atoms with Crippen LogP contribution in [-0.4, -0.2) is 21.5 Å². The normalized spacial score (nSPS) is 14.9. The molecule has 0 fully saturated rings. The molecule has 6 heteroatoms. The van der Waals surface area contributed by atoms with Crippen molar-refractivity contribution in [2.75, 3.05) is 10.6 Å². The molecule has 0 spiro atoms. The van der Waals surface area contributed by atoms with E-state index in [9.17, 15) is 4.79 Å². The van der Waals surface area contributed by atoms with E-state index in [1.165, 1.54) is 6.42 Å². The standard InChI is InChI=1S/C17H21ClN4O/c1-2-14(20-13-8-6-12(18)7-9-13)17(23)21-16-11-19-15-5-3-4-10-22(15)16/h6-9,11,14,20H,2-5,10H2,1H3,(H,21,23). The molecule has 1 aliphatic heterocycles. The minimum Gasteiger partial charge on any atom is -0.374 e. The highest BCUT2D eigenvalue weighted by Crippen LogP contribution is 2.20. The summed E-state index contributed by atoms with van der Waals surface area (Å²) in [6.07, 6.45) is 5.73. The Morgan fingerprint density at radius 3 is 2.87 bits per heavy atom. The maximum Gasteiger partial charge on any atom is 0.247 e. The first kappa shape index (κ1) is 15.9. The van der Waals surface area contributed by atoms with Gasteiger partial charge < -0.3 is 15.2 Å². The first-order chi connectivity index (χ1) is 11.2. The monoisotopic (exact) mass is 332 g/mol. The number of benzene rings is 1. The number of hydrogen-bond donors (Lipinski definition) is 2. The summed E-state index contributed by atoms with van der Waals surface area (Å²) in [4.78, 5) is 17.0. The molecule has 2 aromatic rings. The van der Waals surface area contributed by atoms with Gasteiger partial charge in [0.25, 0.3) is 0 Å². The molecular weight excluding hydrogens is 312 g/mol. The Kier molecular flexibility index (Phi) is 4.86. The first-order valence-corrected chi connectivity index (χ1v) is 8.42. The van der Waals surface area contributed by atoms with Crippen molar-refractivity contribution in [3.8, 4) is 0 Å². The Labute approximate surface area is 141 Å². The van der Waals surface area contributed by atoms with Crippen molar-refractivity contribution in [3.63, 3.8) is 0 Å². The summed E-state index contributed by atoms with van der Waals surface area (Å²) in [5.74, 6) is 1.81. The molecule has 2 heterocycles. The number of fused-ring (bicyclic) bond motifs is 1. The zero-order chi connectivity index (χ0) is 16.2. The van der Waals surface area contributed by atoms with Crippen molar-refractivity contribution < 1.29 is 4.79 Å². The Hall–Kier alpha value is -2.01. The van der Waals surface area contributed by atoms with Crippen molar-refractivity contribution >= 4 is 29.0 Å². The van der Waals surface area contributed by atoms with E-state index >= 15 is 0 Å². The van der Waals surface area contributed by atoms with Crippen LogP contribution >= 0.6 is 11.6 Å². The SMILES string of the molecule is CCC(Nc1ccc(Cl)cc1)C(=O)Nc1cnc2n1CCCC2. The van der Waals surface area contributed by atoms with E-state index in [1.807, 2.05) is 31.2 Å². The smallest absolute Gasteiger partial charge is 0.247 e. The van der Waals surface area contributed by atoms with Crippen LogP contribution in [0.4, 0.5) is 11.5 Å². The Morgan fingerprint density at radius 2 is 2.13 bits per heavy atom. The van der Waals surface area contributed by atoms with Gasteiger partial charge in [-0.05, 0) is 43.5 Å². The summed E-state index contributed by atoms with van der Waals surface area (Å²) in [5, 5.41) is 6.93. The number of aromatic nitrogens is 2. The Morgan fingerprint density at radius 1 is 1.35 bits per heavy atom. The fourth-order valence-corrected chi connectivity index (χ4v) is 2.96. The van der Waals surface area contributed by atoms with Crippen molar-refractivity contribution in [2.45, 2.75) is 45.2 Å². The highest BCUT2D eigenvalue weighted by atomic mass is 35.5. The summed E-state index contributed by atoms with van der Waals surface area (Å²) >= 11 is 5.89. The van der Waals surface area contributed by atoms with E-state index in [2.05, 4.69) is 20.2 Å². The molecular formula is C17H21ClN4O. The number of rotatable bonds is 5. The lowest BCUT2D eigenvalue weighted by atomic mass is 10.1. The molecule has 1 amide bonds. The minimum atomic E-state index is -0.300. The fourth-order valence-electron chi connectivity index (χ4n) is 2.83. The maximum atomic E-state index is 12.6. The van der Waals surface area contributed by atoms with E-state index in [-0.39, 0.29) is 11.9 Å². The van der Waals surface area contributed by atoms with E-state index < -0.39 is 0 Å². The molecule has 23 heavy (non-hydrogen) atoms. The summed E-state index contributed by atoms with van der Waals surface area (Å²) in [5.41, 5.74) is 0.881. The number of nitrogens with one attached hydrogen (secondary N) is 2. The Bertz CT molecular complexity index is 680. The number of halogens is 1. The molecule has 1 aromatic heterocycles. The van der Waals surface area contributed by atoms with E-state index in [1.54, 1.807) is 6.20 Å². The molecule has 0 radical (unpaired) electrons. The topological polar surface area (TPSA) is 59.0 Å². The number of hydrogen-bond acceptors (Lipinski definition) is 3. The molecule has 2 N–H and O–H groups in total. The number of imidazole rings is 1. The van der Waals surface area contributed by atoms with Gasteiger partial charge in [0.1, 0.15) is 17.7 Å². The third-order valence-electron chi connectivity index (χ3n) is 4.13. The predicted molar refractivity (Wildman–Crippen MR) is 92.9 cm³/mol. The summed E-state index contributed by atoms with van der Waals surface area (Å²) < 4.78 is 2.11. The molecule has 0 aliphatic carbocycles. The van der Waals surface area contributed by atoms with Crippen LogP contribution in [0.1, 0.15) is 32.0 Å². The fraction of sp³-hybridized carbons (Fsp3) is 0.412. The highest BCUT2D eigenvalue weighted by molar-refractivity contribution is 6.30. The summed E-state index contributed by atoms with van der Waals surface area (Å²) in [6, 6.07) is 7.06. The second-order valence-electron chi connectivity index (χ2n) is 5.77. The van der Waals surface area contributed by atoms with Gasteiger partial charge in [0, 0.05) is 23.7 Å². The number of carbonyl (C=O) groups excluding carboxylic acids is 1. The zero-order valence-electron chi connectivity index (χ0n) is 13.2. The quantitative estimate of drug-likeness (QED) is 0.877. The van der Waals surface area contributed by atoms with Crippen LogP contribution in [0.3, 0.4) is 0 Å². The molecule has 5 nitrogen and oxygen atoms in total. The molecule has 1 aliphatic rings. The van der Waals surface area contributed by atoms with Crippen LogP contribution in [0.5, 0.6) is 0 Å². The van der Waals surface area contributed by atoms with Gasteiger partial charge >= 0.3 is 0 Å². The van der Waals surface area contributed by atoms with Crippen molar-refractivity contribution in [1.29, 1.82) is 0 Å². The van der Waals surface area contributed by atoms with Crippen LogP contribution in [0.25, 0.3) is 0 Å². The lowest BCUT2D eigenvalue weighted by molar-refractivity contribution is -0.117. The summed E-state index contributed by atoms with van der Waals surface area (Å²) in [7, 11) is 0. The third kappa shape index (κ3) is 3.67. The van der Waals surface area contributed by atoms with Crippen LogP contribution in [0.2, 0.25) is 5.02 Å². The van der Waals surface area contributed by atoms with Crippen molar-refractivity contribution in [2.24, 2.45) is 0 Å². The average Bonchev–Trinajstić information content (AvgIpc) is 2.97. The number of nitrogens with zero attached hydrogens (tertiary/aromatic N) is 2. The zero-order valence-corrected chi connectivity index (χ0v) is 13.9. The number of aryl methyl sites for hydroxylation is 1. The van der Waals surface area contributed by atoms with Crippen LogP contribution in [0.15, 0.2) is 30.5 Å². The highest BCUT2D eigenvalue weighted by Gasteiger charge is 2.20. The maximum absolute atomic E-state index is 12.6. The molecule has 122 valence electrons. The van der Waals surface area contributed by atoms with Crippen molar-refractivity contribution in [3.05, 3.63) is 41.3 Å².